The zero-order valence-corrected chi connectivity index (χ0v) is 18.5. The Labute approximate surface area is 202 Å². The molecule has 2 heterocycles. The smallest absolute Gasteiger partial charge is 0.125 e. The van der Waals surface area contributed by atoms with Crippen LogP contribution in [0.3, 0.4) is 0 Å². The van der Waals surface area contributed by atoms with Crippen LogP contribution in [-0.2, 0) is 7.05 Å². The van der Waals surface area contributed by atoms with E-state index in [1.54, 1.807) is 17.9 Å². The maximum Gasteiger partial charge on any atom is 0.125 e. The molecule has 0 bridgehead atoms. The maximum absolute atomic E-state index is 13.1. The molecule has 3 rings (SSSR count). The standard InChI is InChI=1S/C13H12FN3.C13H4.FN3.4H2/c1-8-11(7-16-17(8)2)12-6-15-13-5-9(14)3-4-10(12)13;1-3-5-7-9-11-13-12-10-8-6-4-2;1-3-4-2;;;;/h3-7,15H,1-2H3;1H,2H3;;4*1H. The van der Waals surface area contributed by atoms with Crippen molar-refractivity contribution in [3.8, 4) is 82.7 Å². The Morgan fingerprint density at radius 3 is 2.18 bits per heavy atom. The molecule has 1 N–H and O–H groups in total. The van der Waals surface area contributed by atoms with E-state index in [2.05, 4.69) is 75.2 Å². The van der Waals surface area contributed by atoms with Crippen molar-refractivity contribution in [2.24, 2.45) is 12.4 Å². The summed E-state index contributed by atoms with van der Waals surface area (Å²) in [5.74, 6) is 26.7. The molecule has 2 aromatic heterocycles. The molecule has 0 saturated heterocycles. The predicted molar refractivity (Wildman–Crippen MR) is 137 cm³/mol. The highest BCUT2D eigenvalue weighted by Gasteiger charge is 2.11. The van der Waals surface area contributed by atoms with E-state index in [9.17, 15) is 8.87 Å². The summed E-state index contributed by atoms with van der Waals surface area (Å²) in [5, 5.41) is 6.66. The molecular formula is C26H24F2N6. The molecule has 0 aliphatic rings. The number of nitrogens with zero attached hydrogens (tertiary/aromatic N) is 5. The van der Waals surface area contributed by atoms with Gasteiger partial charge in [0.15, 0.2) is 0 Å². The van der Waals surface area contributed by atoms with Crippen LogP contribution in [0.25, 0.3) is 32.5 Å². The lowest BCUT2D eigenvalue weighted by molar-refractivity contribution is 0.525. The lowest BCUT2D eigenvalue weighted by Crippen LogP contribution is -1.92. The summed E-state index contributed by atoms with van der Waals surface area (Å²) < 4.78 is 24.9. The van der Waals surface area contributed by atoms with E-state index in [1.165, 1.54) is 17.5 Å². The molecule has 0 aliphatic carbocycles. The molecule has 3 aromatic rings. The van der Waals surface area contributed by atoms with Crippen LogP contribution in [0.15, 0.2) is 35.9 Å². The van der Waals surface area contributed by atoms with Gasteiger partial charge in [-0.3, -0.25) is 4.68 Å². The normalized spacial score (nSPS) is 7.53. The molecule has 0 atom stereocenters. The van der Waals surface area contributed by atoms with Crippen LogP contribution in [0, 0.1) is 84.3 Å². The SMILES string of the molecule is C#CC#CC#CC#CC#CC#CC.Cc1c(-c2c[nH]c3cc(F)ccc23)cnn1C.[HH].[HH].[HH].[HH].[N-]=[N+]=NF. The van der Waals surface area contributed by atoms with Crippen LogP contribution >= 0.6 is 0 Å². The summed E-state index contributed by atoms with van der Waals surface area (Å²) in [7, 11) is 1.91. The molecule has 0 radical (unpaired) electrons. The van der Waals surface area contributed by atoms with Crippen molar-refractivity contribution < 1.29 is 14.6 Å². The van der Waals surface area contributed by atoms with Gasteiger partial charge in [0.2, 0.25) is 0 Å². The third-order valence-corrected chi connectivity index (χ3v) is 3.90. The number of rotatable bonds is 1. The average Bonchev–Trinajstić information content (AvgIpc) is 3.40. The van der Waals surface area contributed by atoms with Gasteiger partial charge >= 0.3 is 0 Å². The second kappa shape index (κ2) is 15.3. The highest BCUT2D eigenvalue weighted by Crippen LogP contribution is 2.30. The Kier molecular flexibility index (Phi) is 12.0. The number of fused-ring (bicyclic) bond motifs is 1. The first-order chi connectivity index (χ1) is 16.5. The van der Waals surface area contributed by atoms with Gasteiger partial charge in [-0.05, 0) is 96.8 Å². The minimum Gasteiger partial charge on any atom is -0.360 e. The van der Waals surface area contributed by atoms with Gasteiger partial charge in [0, 0.05) is 51.6 Å². The quantitative estimate of drug-likeness (QED) is 0.211. The van der Waals surface area contributed by atoms with Crippen LogP contribution in [0.4, 0.5) is 8.87 Å². The number of azide groups is 1. The van der Waals surface area contributed by atoms with Crippen molar-refractivity contribution in [1.29, 1.82) is 0 Å². The zero-order valence-electron chi connectivity index (χ0n) is 18.5. The lowest BCUT2D eigenvalue weighted by atomic mass is 10.1. The van der Waals surface area contributed by atoms with Crippen LogP contribution < -0.4 is 0 Å². The molecule has 172 valence electrons. The molecular weight excluding hydrogens is 434 g/mol. The van der Waals surface area contributed by atoms with E-state index in [0.717, 1.165) is 27.7 Å². The van der Waals surface area contributed by atoms with Crippen molar-refractivity contribution >= 4 is 10.9 Å². The van der Waals surface area contributed by atoms with Gasteiger partial charge in [0.25, 0.3) is 0 Å². The van der Waals surface area contributed by atoms with Gasteiger partial charge in [-0.2, -0.15) is 5.10 Å². The van der Waals surface area contributed by atoms with E-state index >= 15 is 0 Å². The summed E-state index contributed by atoms with van der Waals surface area (Å²) in [6.45, 7) is 3.72. The molecule has 0 aliphatic heterocycles. The van der Waals surface area contributed by atoms with Crippen LogP contribution in [0.2, 0.25) is 0 Å². The monoisotopic (exact) mass is 458 g/mol. The Hall–Kier alpha value is -5.50. The van der Waals surface area contributed by atoms with Gasteiger partial charge in [0.1, 0.15) is 11.2 Å². The highest BCUT2D eigenvalue weighted by atomic mass is 19.2. The maximum atomic E-state index is 13.1. The molecule has 0 fully saturated rings. The number of aryl methyl sites for hydroxylation is 1. The minimum atomic E-state index is -0.228. The fraction of sp³-hybridized carbons (Fsp3) is 0.115. The van der Waals surface area contributed by atoms with Gasteiger partial charge in [-0.15, -0.1) is 10.9 Å². The number of H-pyrrole nitrogens is 1. The van der Waals surface area contributed by atoms with E-state index in [4.69, 9.17) is 12.0 Å². The van der Waals surface area contributed by atoms with E-state index < -0.39 is 0 Å². The first kappa shape index (κ1) is 26.5. The number of nitrogens with one attached hydrogen (secondary N) is 1. The third-order valence-electron chi connectivity index (χ3n) is 3.90. The Bertz CT molecular complexity index is 1570. The molecule has 34 heavy (non-hydrogen) atoms. The van der Waals surface area contributed by atoms with Gasteiger partial charge in [-0.25, -0.2) is 4.39 Å². The predicted octanol–water partition coefficient (Wildman–Crippen LogP) is 5.84. The lowest BCUT2D eigenvalue weighted by Gasteiger charge is -1.99. The first-order valence-electron chi connectivity index (χ1n) is 9.28. The molecule has 8 heteroatoms. The fourth-order valence-electron chi connectivity index (χ4n) is 2.40. The van der Waals surface area contributed by atoms with Crippen LogP contribution in [0.5, 0.6) is 0 Å². The Morgan fingerprint density at radius 1 is 1.09 bits per heavy atom. The summed E-state index contributed by atoms with van der Waals surface area (Å²) in [6.07, 6.45) is 8.59. The van der Waals surface area contributed by atoms with Crippen molar-refractivity contribution in [1.82, 2.24) is 14.8 Å². The van der Waals surface area contributed by atoms with Crippen molar-refractivity contribution in [2.45, 2.75) is 13.8 Å². The number of aromatic amines is 1. The second-order valence-electron chi connectivity index (χ2n) is 5.84. The van der Waals surface area contributed by atoms with Gasteiger partial charge in [-0.1, -0.05) is 5.92 Å². The van der Waals surface area contributed by atoms with Gasteiger partial charge in [0.05, 0.1) is 6.20 Å². The fourth-order valence-corrected chi connectivity index (χ4v) is 2.40. The van der Waals surface area contributed by atoms with Crippen LogP contribution in [-0.4, -0.2) is 14.8 Å². The third kappa shape index (κ3) is 8.70. The average molecular weight is 459 g/mol. The summed E-state index contributed by atoms with van der Waals surface area (Å²) in [5.41, 5.74) is 11.0. The zero-order chi connectivity index (χ0) is 25.2. The molecule has 0 unspecified atom stereocenters. The first-order valence-corrected chi connectivity index (χ1v) is 9.28. The summed E-state index contributed by atoms with van der Waals surface area (Å²) in [4.78, 5) is 4.78. The second-order valence-corrected chi connectivity index (χ2v) is 5.84. The van der Waals surface area contributed by atoms with Crippen molar-refractivity contribution in [3.63, 3.8) is 0 Å². The molecule has 6 nitrogen and oxygen atoms in total. The Balaban J connectivity index is -0.000000250. The summed E-state index contributed by atoms with van der Waals surface area (Å²) >= 11 is 0. The van der Waals surface area contributed by atoms with Crippen molar-refractivity contribution in [2.75, 3.05) is 0 Å². The van der Waals surface area contributed by atoms with Crippen LogP contribution in [0.1, 0.15) is 18.3 Å². The number of hydrogen-bond donors (Lipinski definition) is 1. The van der Waals surface area contributed by atoms with E-state index in [1.807, 2.05) is 31.0 Å². The number of halogens is 2. The molecule has 0 spiro atoms. The number of terminal acetylenes is 1. The van der Waals surface area contributed by atoms with Crippen molar-refractivity contribution in [3.05, 3.63) is 52.5 Å². The number of hydrogen-bond acceptors (Lipinski definition) is 2. The number of benzene rings is 1. The summed E-state index contributed by atoms with van der Waals surface area (Å²) in [6, 6.07) is 4.78. The Morgan fingerprint density at radius 2 is 1.68 bits per heavy atom. The topological polar surface area (TPSA) is 82.4 Å². The molecule has 1 aromatic carbocycles. The minimum absolute atomic E-state index is 0. The number of aromatic nitrogens is 3. The van der Waals surface area contributed by atoms with E-state index in [-0.39, 0.29) is 11.5 Å². The molecule has 0 saturated carbocycles. The van der Waals surface area contributed by atoms with Gasteiger partial charge < -0.3 is 4.98 Å². The van der Waals surface area contributed by atoms with E-state index in [0.29, 0.717) is 0 Å². The molecule has 0 amide bonds. The highest BCUT2D eigenvalue weighted by molar-refractivity contribution is 5.95. The largest absolute Gasteiger partial charge is 0.360 e.